The van der Waals surface area contributed by atoms with Crippen LogP contribution in [0.4, 0.5) is 0 Å². The summed E-state index contributed by atoms with van der Waals surface area (Å²) in [6.07, 6.45) is 21.6. The summed E-state index contributed by atoms with van der Waals surface area (Å²) in [5.41, 5.74) is 0. The molecule has 0 spiro atoms. The topological polar surface area (TPSA) is 17.1 Å². The normalized spacial score (nSPS) is 11.1. The first-order valence-corrected chi connectivity index (χ1v) is 11.5. The van der Waals surface area contributed by atoms with E-state index in [0.717, 1.165) is 50.3 Å². The third-order valence-electron chi connectivity index (χ3n) is 4.68. The van der Waals surface area contributed by atoms with Gasteiger partial charge in [0.15, 0.2) is 0 Å². The molecule has 0 rings (SSSR count). The minimum absolute atomic E-state index is 0.485. The lowest BCUT2D eigenvalue weighted by atomic mass is 10.0. The summed E-state index contributed by atoms with van der Waals surface area (Å²) in [5, 5.41) is 0. The monoisotopic (exact) mass is 378 g/mol. The van der Waals surface area contributed by atoms with Crippen LogP contribution < -0.4 is 0 Å². The molecular formula is C21H40Cl2O. The van der Waals surface area contributed by atoms with Crippen LogP contribution in [0.3, 0.4) is 0 Å². The van der Waals surface area contributed by atoms with Crippen molar-refractivity contribution in [3.05, 3.63) is 0 Å². The number of alkyl halides is 2. The highest BCUT2D eigenvalue weighted by atomic mass is 35.5. The standard InChI is InChI=1S/C21H40Cl2O/c22-19-15-11-7-3-1-5-9-13-17-21(24)18-14-10-6-2-4-8-12-16-20-23/h1-20H2. The van der Waals surface area contributed by atoms with Crippen molar-refractivity contribution in [2.75, 3.05) is 11.8 Å². The molecule has 0 aromatic heterocycles. The predicted molar refractivity (Wildman–Crippen MR) is 110 cm³/mol. The molecule has 0 bridgehead atoms. The number of carbonyl (C=O) groups excluding carboxylic acids is 1. The Morgan fingerprint density at radius 1 is 0.417 bits per heavy atom. The minimum Gasteiger partial charge on any atom is -0.300 e. The van der Waals surface area contributed by atoms with Gasteiger partial charge in [0.1, 0.15) is 5.78 Å². The van der Waals surface area contributed by atoms with Gasteiger partial charge in [-0.15, -0.1) is 23.2 Å². The second-order valence-electron chi connectivity index (χ2n) is 7.07. The highest BCUT2D eigenvalue weighted by Gasteiger charge is 2.02. The van der Waals surface area contributed by atoms with Crippen LogP contribution >= 0.6 is 23.2 Å². The van der Waals surface area contributed by atoms with Gasteiger partial charge in [0.2, 0.25) is 0 Å². The molecule has 0 unspecified atom stereocenters. The fourth-order valence-electron chi connectivity index (χ4n) is 3.08. The summed E-state index contributed by atoms with van der Waals surface area (Å²) in [7, 11) is 0. The van der Waals surface area contributed by atoms with E-state index in [9.17, 15) is 4.79 Å². The Balaban J connectivity index is 3.13. The average Bonchev–Trinajstić information content (AvgIpc) is 2.59. The lowest BCUT2D eigenvalue weighted by molar-refractivity contribution is -0.119. The van der Waals surface area contributed by atoms with Crippen LogP contribution in [0.2, 0.25) is 0 Å². The van der Waals surface area contributed by atoms with Crippen LogP contribution in [0.5, 0.6) is 0 Å². The zero-order valence-electron chi connectivity index (χ0n) is 15.8. The first kappa shape index (κ1) is 24.2. The second-order valence-corrected chi connectivity index (χ2v) is 7.83. The molecule has 0 heterocycles. The van der Waals surface area contributed by atoms with E-state index in [4.69, 9.17) is 23.2 Å². The smallest absolute Gasteiger partial charge is 0.132 e. The van der Waals surface area contributed by atoms with Gasteiger partial charge in [0.25, 0.3) is 0 Å². The van der Waals surface area contributed by atoms with Gasteiger partial charge in [-0.05, 0) is 25.7 Å². The number of carbonyl (C=O) groups is 1. The zero-order valence-corrected chi connectivity index (χ0v) is 17.3. The van der Waals surface area contributed by atoms with Gasteiger partial charge >= 0.3 is 0 Å². The number of rotatable bonds is 20. The lowest BCUT2D eigenvalue weighted by Crippen LogP contribution is -1.97. The molecule has 24 heavy (non-hydrogen) atoms. The molecule has 0 aliphatic carbocycles. The molecule has 0 aromatic carbocycles. The molecule has 0 N–H and O–H groups in total. The van der Waals surface area contributed by atoms with Crippen LogP contribution in [0.1, 0.15) is 116 Å². The number of ketones is 1. The first-order valence-electron chi connectivity index (χ1n) is 10.4. The van der Waals surface area contributed by atoms with Gasteiger partial charge in [0.05, 0.1) is 0 Å². The fraction of sp³-hybridized carbons (Fsp3) is 0.952. The molecule has 0 saturated heterocycles. The molecule has 0 radical (unpaired) electrons. The number of hydrogen-bond donors (Lipinski definition) is 0. The van der Waals surface area contributed by atoms with Gasteiger partial charge in [-0.25, -0.2) is 0 Å². The Morgan fingerprint density at radius 3 is 0.958 bits per heavy atom. The van der Waals surface area contributed by atoms with Crippen molar-refractivity contribution < 1.29 is 4.79 Å². The Morgan fingerprint density at radius 2 is 0.667 bits per heavy atom. The maximum absolute atomic E-state index is 11.8. The molecule has 0 atom stereocenters. The minimum atomic E-state index is 0.485. The van der Waals surface area contributed by atoms with Gasteiger partial charge in [-0.2, -0.15) is 0 Å². The Kier molecular flexibility index (Phi) is 21.5. The fourth-order valence-corrected chi connectivity index (χ4v) is 3.46. The quantitative estimate of drug-likeness (QED) is 0.154. The molecular weight excluding hydrogens is 339 g/mol. The maximum atomic E-state index is 11.8. The second kappa shape index (κ2) is 21.3. The summed E-state index contributed by atoms with van der Waals surface area (Å²) in [5.74, 6) is 2.09. The summed E-state index contributed by atoms with van der Waals surface area (Å²) < 4.78 is 0. The van der Waals surface area contributed by atoms with Crippen LogP contribution in [0.15, 0.2) is 0 Å². The number of unbranched alkanes of at least 4 members (excludes halogenated alkanes) is 14. The summed E-state index contributed by atoms with van der Waals surface area (Å²) in [4.78, 5) is 11.8. The number of halogens is 2. The summed E-state index contributed by atoms with van der Waals surface area (Å²) in [6, 6.07) is 0. The predicted octanol–water partition coefficient (Wildman–Crippen LogP) is 8.05. The number of Topliss-reactive ketones (excluding diaryl/α,β-unsaturated/α-hetero) is 1. The van der Waals surface area contributed by atoms with Gasteiger partial charge < -0.3 is 0 Å². The van der Waals surface area contributed by atoms with Crippen LogP contribution in [-0.4, -0.2) is 17.5 Å². The number of hydrogen-bond acceptors (Lipinski definition) is 1. The van der Waals surface area contributed by atoms with Crippen molar-refractivity contribution in [1.82, 2.24) is 0 Å². The van der Waals surface area contributed by atoms with Crippen molar-refractivity contribution in [1.29, 1.82) is 0 Å². The SMILES string of the molecule is O=C(CCCCCCCCCCCl)CCCCCCCCCCCl. The van der Waals surface area contributed by atoms with E-state index in [1.54, 1.807) is 0 Å². The molecule has 0 aliphatic rings. The molecule has 0 aliphatic heterocycles. The molecule has 0 saturated carbocycles. The molecule has 0 amide bonds. The van der Waals surface area contributed by atoms with Crippen LogP contribution in [0, 0.1) is 0 Å². The van der Waals surface area contributed by atoms with E-state index in [1.165, 1.54) is 77.0 Å². The van der Waals surface area contributed by atoms with Crippen molar-refractivity contribution in [2.45, 2.75) is 116 Å². The first-order chi connectivity index (χ1) is 11.8. The molecule has 144 valence electrons. The van der Waals surface area contributed by atoms with Gasteiger partial charge in [-0.3, -0.25) is 4.79 Å². The Labute approximate surface area is 161 Å². The van der Waals surface area contributed by atoms with Crippen LogP contribution in [0.25, 0.3) is 0 Å². The summed E-state index contributed by atoms with van der Waals surface area (Å²) >= 11 is 11.3. The molecule has 1 nitrogen and oxygen atoms in total. The Bertz CT molecular complexity index is 232. The van der Waals surface area contributed by atoms with Gasteiger partial charge in [0, 0.05) is 24.6 Å². The molecule has 3 heteroatoms. The molecule has 0 fully saturated rings. The highest BCUT2D eigenvalue weighted by molar-refractivity contribution is 6.18. The van der Waals surface area contributed by atoms with E-state index in [-0.39, 0.29) is 0 Å². The lowest BCUT2D eigenvalue weighted by Gasteiger charge is -2.03. The Hall–Kier alpha value is 0.250. The maximum Gasteiger partial charge on any atom is 0.132 e. The van der Waals surface area contributed by atoms with Crippen molar-refractivity contribution in [3.8, 4) is 0 Å². The van der Waals surface area contributed by atoms with Crippen molar-refractivity contribution in [3.63, 3.8) is 0 Å². The van der Waals surface area contributed by atoms with E-state index in [1.807, 2.05) is 0 Å². The van der Waals surface area contributed by atoms with Crippen molar-refractivity contribution in [2.24, 2.45) is 0 Å². The zero-order chi connectivity index (χ0) is 17.7. The van der Waals surface area contributed by atoms with E-state index >= 15 is 0 Å². The average molecular weight is 379 g/mol. The van der Waals surface area contributed by atoms with E-state index in [2.05, 4.69) is 0 Å². The largest absolute Gasteiger partial charge is 0.300 e. The third-order valence-corrected chi connectivity index (χ3v) is 5.21. The van der Waals surface area contributed by atoms with E-state index < -0.39 is 0 Å². The van der Waals surface area contributed by atoms with Crippen molar-refractivity contribution >= 4 is 29.0 Å². The van der Waals surface area contributed by atoms with Crippen LogP contribution in [-0.2, 0) is 4.79 Å². The molecule has 0 aromatic rings. The highest BCUT2D eigenvalue weighted by Crippen LogP contribution is 2.13. The van der Waals surface area contributed by atoms with E-state index in [0.29, 0.717) is 5.78 Å². The summed E-state index contributed by atoms with van der Waals surface area (Å²) in [6.45, 7) is 0. The van der Waals surface area contributed by atoms with Gasteiger partial charge in [-0.1, -0.05) is 77.0 Å². The third kappa shape index (κ3) is 20.3.